The van der Waals surface area contributed by atoms with Crippen LogP contribution in [0.5, 0.6) is 0 Å². The van der Waals surface area contributed by atoms with Crippen LogP contribution in [0.2, 0.25) is 0 Å². The minimum Gasteiger partial charge on any atom is -0.324 e. The lowest BCUT2D eigenvalue weighted by atomic mass is 9.88. The standard InChI is InChI=1S/C19H30N2/c1-21(14-18-13-15-9-10-17(18)12-15)11-5-8-19(20)16-6-3-2-4-7-16/h2-4,6-7,15,17-19H,5,8-14,20H2,1H3. The van der Waals surface area contributed by atoms with E-state index in [1.54, 1.807) is 0 Å². The molecule has 21 heavy (non-hydrogen) atoms. The molecule has 0 aromatic heterocycles. The Morgan fingerprint density at radius 2 is 2.00 bits per heavy atom. The molecule has 4 unspecified atom stereocenters. The zero-order valence-electron chi connectivity index (χ0n) is 13.4. The fourth-order valence-electron chi connectivity index (χ4n) is 4.54. The lowest BCUT2D eigenvalue weighted by molar-refractivity contribution is 0.216. The molecule has 0 spiro atoms. The van der Waals surface area contributed by atoms with Crippen molar-refractivity contribution in [3.8, 4) is 0 Å². The summed E-state index contributed by atoms with van der Waals surface area (Å²) in [5, 5.41) is 0. The number of hydrogen-bond acceptors (Lipinski definition) is 2. The molecule has 2 nitrogen and oxygen atoms in total. The van der Waals surface area contributed by atoms with Gasteiger partial charge in [0.2, 0.25) is 0 Å². The molecule has 1 aromatic carbocycles. The summed E-state index contributed by atoms with van der Waals surface area (Å²) in [6.45, 7) is 2.50. The lowest BCUT2D eigenvalue weighted by Crippen LogP contribution is -2.29. The smallest absolute Gasteiger partial charge is 0.0295 e. The van der Waals surface area contributed by atoms with Gasteiger partial charge >= 0.3 is 0 Å². The van der Waals surface area contributed by atoms with Crippen LogP contribution in [0.1, 0.15) is 50.1 Å². The Morgan fingerprint density at radius 3 is 2.67 bits per heavy atom. The number of fused-ring (bicyclic) bond motifs is 2. The van der Waals surface area contributed by atoms with Crippen molar-refractivity contribution >= 4 is 0 Å². The average Bonchev–Trinajstić information content (AvgIpc) is 3.10. The Hall–Kier alpha value is -0.860. The molecule has 0 heterocycles. The second kappa shape index (κ2) is 6.93. The van der Waals surface area contributed by atoms with Gasteiger partial charge in [0.05, 0.1) is 0 Å². The number of rotatable bonds is 7. The fourth-order valence-corrected chi connectivity index (χ4v) is 4.54. The van der Waals surface area contributed by atoms with Gasteiger partial charge in [0.25, 0.3) is 0 Å². The first kappa shape index (κ1) is 15.1. The second-order valence-corrected chi connectivity index (χ2v) is 7.36. The first-order chi connectivity index (χ1) is 10.2. The molecule has 0 aliphatic heterocycles. The molecule has 2 aliphatic carbocycles. The highest BCUT2D eigenvalue weighted by Crippen LogP contribution is 2.48. The lowest BCUT2D eigenvalue weighted by Gasteiger charge is -2.27. The highest BCUT2D eigenvalue weighted by Gasteiger charge is 2.39. The molecular weight excluding hydrogens is 256 g/mol. The number of hydrogen-bond donors (Lipinski definition) is 1. The summed E-state index contributed by atoms with van der Waals surface area (Å²) >= 11 is 0. The van der Waals surface area contributed by atoms with Crippen LogP contribution in [0.3, 0.4) is 0 Å². The van der Waals surface area contributed by atoms with E-state index in [1.165, 1.54) is 50.8 Å². The summed E-state index contributed by atoms with van der Waals surface area (Å²) in [6.07, 6.45) is 8.33. The van der Waals surface area contributed by atoms with E-state index in [0.29, 0.717) is 0 Å². The quantitative estimate of drug-likeness (QED) is 0.825. The first-order valence-corrected chi connectivity index (χ1v) is 8.71. The molecule has 2 saturated carbocycles. The predicted molar refractivity (Wildman–Crippen MR) is 89.0 cm³/mol. The molecule has 0 amide bonds. The third kappa shape index (κ3) is 3.87. The molecule has 3 rings (SSSR count). The topological polar surface area (TPSA) is 29.3 Å². The van der Waals surface area contributed by atoms with Crippen LogP contribution < -0.4 is 5.73 Å². The van der Waals surface area contributed by atoms with Crippen molar-refractivity contribution in [1.29, 1.82) is 0 Å². The Labute approximate surface area is 129 Å². The van der Waals surface area contributed by atoms with Crippen LogP contribution in [-0.4, -0.2) is 25.0 Å². The Morgan fingerprint density at radius 1 is 1.19 bits per heavy atom. The van der Waals surface area contributed by atoms with Gasteiger partial charge in [0, 0.05) is 12.6 Å². The highest BCUT2D eigenvalue weighted by atomic mass is 15.1. The largest absolute Gasteiger partial charge is 0.324 e. The Bertz CT molecular complexity index is 430. The van der Waals surface area contributed by atoms with Crippen molar-refractivity contribution in [2.24, 2.45) is 23.5 Å². The SMILES string of the molecule is CN(CCCC(N)c1ccccc1)CC1CC2CCC1C2. The second-order valence-electron chi connectivity index (χ2n) is 7.36. The van der Waals surface area contributed by atoms with Gasteiger partial charge in [0.1, 0.15) is 0 Å². The van der Waals surface area contributed by atoms with Gasteiger partial charge in [0.15, 0.2) is 0 Å². The zero-order valence-corrected chi connectivity index (χ0v) is 13.4. The molecule has 2 fully saturated rings. The van der Waals surface area contributed by atoms with E-state index in [-0.39, 0.29) is 6.04 Å². The van der Waals surface area contributed by atoms with Crippen LogP contribution in [0, 0.1) is 17.8 Å². The molecule has 0 radical (unpaired) electrons. The van der Waals surface area contributed by atoms with E-state index < -0.39 is 0 Å². The van der Waals surface area contributed by atoms with E-state index in [9.17, 15) is 0 Å². The molecule has 2 aliphatic rings. The summed E-state index contributed by atoms with van der Waals surface area (Å²) in [5.41, 5.74) is 7.55. The summed E-state index contributed by atoms with van der Waals surface area (Å²) in [5.74, 6) is 3.10. The van der Waals surface area contributed by atoms with E-state index in [4.69, 9.17) is 5.73 Å². The molecule has 1 aromatic rings. The van der Waals surface area contributed by atoms with Gasteiger partial charge in [-0.1, -0.05) is 36.8 Å². The van der Waals surface area contributed by atoms with Gasteiger partial charge in [-0.15, -0.1) is 0 Å². The van der Waals surface area contributed by atoms with Gasteiger partial charge in [-0.2, -0.15) is 0 Å². The molecular formula is C19H30N2. The number of nitrogens with zero attached hydrogens (tertiary/aromatic N) is 1. The van der Waals surface area contributed by atoms with Crippen molar-refractivity contribution < 1.29 is 0 Å². The van der Waals surface area contributed by atoms with Gasteiger partial charge in [-0.25, -0.2) is 0 Å². The predicted octanol–water partition coefficient (Wildman–Crippen LogP) is 3.83. The molecule has 2 bridgehead atoms. The zero-order chi connectivity index (χ0) is 14.7. The van der Waals surface area contributed by atoms with Crippen LogP contribution >= 0.6 is 0 Å². The van der Waals surface area contributed by atoms with E-state index in [0.717, 1.165) is 24.2 Å². The molecule has 2 heteroatoms. The maximum absolute atomic E-state index is 6.28. The highest BCUT2D eigenvalue weighted by molar-refractivity contribution is 5.18. The van der Waals surface area contributed by atoms with Crippen molar-refractivity contribution in [1.82, 2.24) is 4.90 Å². The van der Waals surface area contributed by atoms with Crippen molar-refractivity contribution in [2.75, 3.05) is 20.1 Å². The molecule has 0 saturated heterocycles. The summed E-state index contributed by atoms with van der Waals surface area (Å²) < 4.78 is 0. The average molecular weight is 286 g/mol. The fraction of sp³-hybridized carbons (Fsp3) is 0.684. The normalized spacial score (nSPS) is 29.2. The third-order valence-corrected chi connectivity index (χ3v) is 5.71. The van der Waals surface area contributed by atoms with E-state index in [1.807, 2.05) is 0 Å². The molecule has 4 atom stereocenters. The maximum Gasteiger partial charge on any atom is 0.0295 e. The van der Waals surface area contributed by atoms with Crippen LogP contribution in [-0.2, 0) is 0 Å². The monoisotopic (exact) mass is 286 g/mol. The van der Waals surface area contributed by atoms with Crippen molar-refractivity contribution in [3.05, 3.63) is 35.9 Å². The molecule has 2 N–H and O–H groups in total. The van der Waals surface area contributed by atoms with Gasteiger partial charge < -0.3 is 10.6 Å². The van der Waals surface area contributed by atoms with E-state index >= 15 is 0 Å². The maximum atomic E-state index is 6.28. The minimum atomic E-state index is 0.196. The summed E-state index contributed by atoms with van der Waals surface area (Å²) in [6, 6.07) is 10.7. The van der Waals surface area contributed by atoms with Gasteiger partial charge in [-0.05, 0) is 69.0 Å². The van der Waals surface area contributed by atoms with Crippen molar-refractivity contribution in [3.63, 3.8) is 0 Å². The van der Waals surface area contributed by atoms with E-state index in [2.05, 4.69) is 42.3 Å². The Kier molecular flexibility index (Phi) is 4.97. The van der Waals surface area contributed by atoms with Crippen LogP contribution in [0.15, 0.2) is 30.3 Å². The van der Waals surface area contributed by atoms with Crippen LogP contribution in [0.4, 0.5) is 0 Å². The van der Waals surface area contributed by atoms with Crippen molar-refractivity contribution in [2.45, 2.75) is 44.6 Å². The first-order valence-electron chi connectivity index (χ1n) is 8.71. The number of benzene rings is 1. The van der Waals surface area contributed by atoms with Gasteiger partial charge in [-0.3, -0.25) is 0 Å². The summed E-state index contributed by atoms with van der Waals surface area (Å²) in [7, 11) is 2.29. The third-order valence-electron chi connectivity index (χ3n) is 5.71. The summed E-state index contributed by atoms with van der Waals surface area (Å²) in [4.78, 5) is 2.54. The molecule has 116 valence electrons. The minimum absolute atomic E-state index is 0.196. The Balaban J connectivity index is 1.35. The van der Waals surface area contributed by atoms with Crippen LogP contribution in [0.25, 0.3) is 0 Å². The number of nitrogens with two attached hydrogens (primary N) is 1.